The molecule has 0 aromatic rings. The second-order valence-electron chi connectivity index (χ2n) is 5.15. The van der Waals surface area contributed by atoms with Gasteiger partial charge in [0.15, 0.2) is 0 Å². The topological polar surface area (TPSA) is 52.6 Å². The van der Waals surface area contributed by atoms with Crippen LogP contribution in [-0.4, -0.2) is 36.8 Å². The number of likely N-dealkylation sites (tertiary alicyclic amines) is 1. The first kappa shape index (κ1) is 20.2. The van der Waals surface area contributed by atoms with E-state index in [1.54, 1.807) is 0 Å². The van der Waals surface area contributed by atoms with Crippen molar-refractivity contribution in [2.24, 2.45) is 5.92 Å². The standard InChI is InChI=1S/C11H21NO2.CH3O.K/c1-9-5-7-12(8-6-9)10(13)14-11(2,3)4;1-2;/h9H,5-8H2,1-4H3;1H3;/q;-1;+1. The maximum atomic E-state index is 11.6. The minimum Gasteiger partial charge on any atom is -0.857 e. The summed E-state index contributed by atoms with van der Waals surface area (Å²) in [5, 5.41) is 8.25. The molecule has 4 nitrogen and oxygen atoms in total. The Hall–Kier alpha value is 0.866. The number of amides is 1. The van der Waals surface area contributed by atoms with Crippen molar-refractivity contribution in [3.8, 4) is 0 Å². The summed E-state index contributed by atoms with van der Waals surface area (Å²) in [6.07, 6.45) is 2.03. The Bertz CT molecular complexity index is 208. The second kappa shape index (κ2) is 9.75. The molecule has 0 atom stereocenters. The van der Waals surface area contributed by atoms with Gasteiger partial charge in [-0.05, 0) is 39.5 Å². The quantitative estimate of drug-likeness (QED) is 0.510. The predicted molar refractivity (Wildman–Crippen MR) is 62.1 cm³/mol. The molecule has 1 aliphatic heterocycles. The summed E-state index contributed by atoms with van der Waals surface area (Å²) in [7, 11) is 0.750. The van der Waals surface area contributed by atoms with Gasteiger partial charge in [0.25, 0.3) is 0 Å². The van der Waals surface area contributed by atoms with Crippen LogP contribution in [0.3, 0.4) is 0 Å². The Morgan fingerprint density at radius 1 is 1.24 bits per heavy atom. The van der Waals surface area contributed by atoms with Crippen molar-refractivity contribution in [2.45, 2.75) is 46.1 Å². The van der Waals surface area contributed by atoms with Gasteiger partial charge in [0.05, 0.1) is 0 Å². The third-order valence-electron chi connectivity index (χ3n) is 2.44. The number of carbonyl (C=O) groups is 1. The van der Waals surface area contributed by atoms with E-state index in [-0.39, 0.29) is 63.1 Å². The van der Waals surface area contributed by atoms with Gasteiger partial charge in [0.1, 0.15) is 5.60 Å². The van der Waals surface area contributed by atoms with Gasteiger partial charge in [0.2, 0.25) is 0 Å². The molecule has 0 spiro atoms. The van der Waals surface area contributed by atoms with Crippen molar-refractivity contribution in [3.63, 3.8) is 0 Å². The predicted octanol–water partition coefficient (Wildman–Crippen LogP) is -1.37. The summed E-state index contributed by atoms with van der Waals surface area (Å²) in [4.78, 5) is 13.4. The summed E-state index contributed by atoms with van der Waals surface area (Å²) in [5.74, 6) is 0.744. The summed E-state index contributed by atoms with van der Waals surface area (Å²) in [5.41, 5.74) is -0.375. The third-order valence-corrected chi connectivity index (χ3v) is 2.44. The van der Waals surface area contributed by atoms with Crippen molar-refractivity contribution in [1.82, 2.24) is 4.90 Å². The molecule has 0 radical (unpaired) electrons. The summed E-state index contributed by atoms with van der Waals surface area (Å²) in [6, 6.07) is 0. The molecule has 1 amide bonds. The van der Waals surface area contributed by atoms with Gasteiger partial charge in [0, 0.05) is 13.1 Å². The van der Waals surface area contributed by atoms with E-state index >= 15 is 0 Å². The first-order valence-electron chi connectivity index (χ1n) is 5.77. The van der Waals surface area contributed by atoms with E-state index in [2.05, 4.69) is 6.92 Å². The maximum absolute atomic E-state index is 11.6. The van der Waals surface area contributed by atoms with E-state index in [1.165, 1.54) is 0 Å². The van der Waals surface area contributed by atoms with Crippen LogP contribution in [0.25, 0.3) is 0 Å². The summed E-state index contributed by atoms with van der Waals surface area (Å²) >= 11 is 0. The molecule has 0 aromatic carbocycles. The van der Waals surface area contributed by atoms with Crippen molar-refractivity contribution in [1.29, 1.82) is 0 Å². The van der Waals surface area contributed by atoms with E-state index in [0.29, 0.717) is 0 Å². The van der Waals surface area contributed by atoms with Crippen LogP contribution in [0, 0.1) is 5.92 Å². The van der Waals surface area contributed by atoms with Crippen LogP contribution in [-0.2, 0) is 4.74 Å². The molecule has 1 rings (SSSR count). The molecule has 1 saturated heterocycles. The molecule has 1 aliphatic rings. The molecule has 1 fully saturated rings. The van der Waals surface area contributed by atoms with E-state index in [9.17, 15) is 4.79 Å². The van der Waals surface area contributed by atoms with Gasteiger partial charge in [-0.25, -0.2) is 4.79 Å². The zero-order valence-electron chi connectivity index (χ0n) is 12.1. The number of carbonyl (C=O) groups excluding carboxylic acids is 1. The maximum Gasteiger partial charge on any atom is 1.00 e. The van der Waals surface area contributed by atoms with Crippen molar-refractivity contribution in [2.75, 3.05) is 20.2 Å². The second-order valence-corrected chi connectivity index (χ2v) is 5.15. The number of piperidine rings is 1. The molecular formula is C12H24KNO3. The Morgan fingerprint density at radius 2 is 1.65 bits per heavy atom. The van der Waals surface area contributed by atoms with Crippen LogP contribution in [0.1, 0.15) is 40.5 Å². The van der Waals surface area contributed by atoms with Crippen molar-refractivity contribution in [3.05, 3.63) is 0 Å². The third kappa shape index (κ3) is 9.44. The zero-order valence-corrected chi connectivity index (χ0v) is 15.2. The fraction of sp³-hybridized carbons (Fsp3) is 0.917. The van der Waals surface area contributed by atoms with Gasteiger partial charge >= 0.3 is 57.5 Å². The minimum absolute atomic E-state index is 0. The van der Waals surface area contributed by atoms with Crippen LogP contribution in [0.5, 0.6) is 0 Å². The van der Waals surface area contributed by atoms with Crippen LogP contribution >= 0.6 is 0 Å². The van der Waals surface area contributed by atoms with Crippen LogP contribution in [0.4, 0.5) is 4.79 Å². The monoisotopic (exact) mass is 269 g/mol. The average Bonchev–Trinajstić information content (AvgIpc) is 2.19. The molecule has 0 aliphatic carbocycles. The van der Waals surface area contributed by atoms with Crippen molar-refractivity contribution < 1.29 is 66.0 Å². The van der Waals surface area contributed by atoms with Crippen LogP contribution < -0.4 is 56.5 Å². The van der Waals surface area contributed by atoms with Gasteiger partial charge in [-0.3, -0.25) is 0 Å². The van der Waals surface area contributed by atoms with Gasteiger partial charge in [-0.2, -0.15) is 7.11 Å². The van der Waals surface area contributed by atoms with Crippen molar-refractivity contribution >= 4 is 6.09 Å². The summed E-state index contributed by atoms with van der Waals surface area (Å²) in [6.45, 7) is 9.62. The van der Waals surface area contributed by atoms with E-state index in [4.69, 9.17) is 9.84 Å². The van der Waals surface area contributed by atoms with Crippen LogP contribution in [0.2, 0.25) is 0 Å². The number of nitrogens with zero attached hydrogens (tertiary/aromatic N) is 1. The van der Waals surface area contributed by atoms with Crippen LogP contribution in [0.15, 0.2) is 0 Å². The Labute approximate surface area is 148 Å². The largest absolute Gasteiger partial charge is 1.00 e. The molecule has 17 heavy (non-hydrogen) atoms. The summed E-state index contributed by atoms with van der Waals surface area (Å²) < 4.78 is 5.30. The first-order valence-corrected chi connectivity index (χ1v) is 5.77. The molecule has 0 bridgehead atoms. The average molecular weight is 269 g/mol. The van der Waals surface area contributed by atoms with Gasteiger partial charge in [-0.15, -0.1) is 0 Å². The molecular weight excluding hydrogens is 245 g/mol. The number of ether oxygens (including phenoxy) is 1. The number of rotatable bonds is 0. The molecule has 1 heterocycles. The fourth-order valence-electron chi connectivity index (χ4n) is 1.52. The van der Waals surface area contributed by atoms with Gasteiger partial charge in [-0.1, -0.05) is 6.92 Å². The zero-order chi connectivity index (χ0) is 12.8. The molecule has 0 saturated carbocycles. The van der Waals surface area contributed by atoms with E-state index < -0.39 is 0 Å². The molecule has 5 heteroatoms. The molecule has 0 N–H and O–H groups in total. The van der Waals surface area contributed by atoms with Gasteiger partial charge < -0.3 is 14.7 Å². The number of hydrogen-bond donors (Lipinski definition) is 0. The molecule has 0 aromatic heterocycles. The van der Waals surface area contributed by atoms with E-state index in [1.807, 2.05) is 25.7 Å². The fourth-order valence-corrected chi connectivity index (χ4v) is 1.52. The number of hydrogen-bond acceptors (Lipinski definition) is 3. The first-order chi connectivity index (χ1) is 7.38. The minimum atomic E-state index is -0.375. The van der Waals surface area contributed by atoms with E-state index in [0.717, 1.165) is 39.0 Å². The Morgan fingerprint density at radius 3 is 2.00 bits per heavy atom. The molecule has 0 unspecified atom stereocenters. The SMILES string of the molecule is CC1CCN(C(=O)OC(C)(C)C)CC1.C[O-].[K+]. The Kier molecular flexibility index (Phi) is 11.6. The molecule has 96 valence electrons. The normalized spacial score (nSPS) is 16.5. The smallest absolute Gasteiger partial charge is 0.857 e. The Balaban J connectivity index is 0.